The van der Waals surface area contributed by atoms with Gasteiger partial charge in [-0.25, -0.2) is 0 Å². The molecule has 1 aromatic carbocycles. The molecule has 0 unspecified atom stereocenters. The fourth-order valence-corrected chi connectivity index (χ4v) is 4.07. The zero-order chi connectivity index (χ0) is 15.6. The molecular formula is C13H27B7. The molecule has 0 N–H and O–H groups in total. The Morgan fingerprint density at radius 2 is 1.50 bits per heavy atom. The van der Waals surface area contributed by atoms with Gasteiger partial charge in [-0.2, -0.15) is 0 Å². The average molecular weight is 259 g/mol. The van der Waals surface area contributed by atoms with Crippen LogP contribution in [0, 0.1) is 6.92 Å². The molecule has 0 aromatic heterocycles. The van der Waals surface area contributed by atoms with Crippen molar-refractivity contribution < 1.29 is 0 Å². The maximum atomic E-state index is 2.39. The van der Waals surface area contributed by atoms with E-state index in [1.807, 2.05) is 0 Å². The van der Waals surface area contributed by atoms with Gasteiger partial charge in [0.15, 0.2) is 0 Å². The summed E-state index contributed by atoms with van der Waals surface area (Å²) in [6.45, 7) is 12.4. The van der Waals surface area contributed by atoms with Crippen molar-refractivity contribution in [2.45, 2.75) is 46.5 Å². The van der Waals surface area contributed by atoms with Crippen LogP contribution < -0.4 is 16.4 Å². The first-order valence-corrected chi connectivity index (χ1v) is 8.43. The van der Waals surface area contributed by atoms with Crippen molar-refractivity contribution in [1.82, 2.24) is 0 Å². The molecule has 0 fully saturated rings. The molecule has 0 aliphatic carbocycles. The number of rotatable bonds is 5. The summed E-state index contributed by atoms with van der Waals surface area (Å²) in [5.74, 6) is 1.23. The monoisotopic (exact) mass is 260 g/mol. The van der Waals surface area contributed by atoms with Crippen molar-refractivity contribution >= 4 is 68.2 Å². The summed E-state index contributed by atoms with van der Waals surface area (Å²) in [6.07, 6.45) is 0. The van der Waals surface area contributed by atoms with Crippen LogP contribution in [0.1, 0.15) is 56.2 Å². The first-order valence-electron chi connectivity index (χ1n) is 8.43. The quantitative estimate of drug-likeness (QED) is 0.480. The normalized spacial score (nSPS) is 10.9. The predicted molar refractivity (Wildman–Crippen MR) is 112 cm³/mol. The molecule has 0 spiro atoms. The first kappa shape index (κ1) is 17.7. The Bertz CT molecular complexity index is 482. The summed E-state index contributed by atoms with van der Waals surface area (Å²) in [4.78, 5) is 0. The molecule has 1 rings (SSSR count). The van der Waals surface area contributed by atoms with Crippen molar-refractivity contribution in [2.24, 2.45) is 0 Å². The van der Waals surface area contributed by atoms with E-state index in [9.17, 15) is 0 Å². The van der Waals surface area contributed by atoms with Gasteiger partial charge in [0, 0.05) is 0 Å². The van der Waals surface area contributed by atoms with Gasteiger partial charge in [0.05, 0.1) is 36.8 Å². The third kappa shape index (κ3) is 3.12. The molecule has 0 atom stereocenters. The fraction of sp³-hybridized carbons (Fsp3) is 0.538. The standard InChI is InChI=1S/C13H27B7/c1-6(2)9-8(5)13(20(17)19-16)12(18-15)10(7(3)4)11(9)14/h6-7,18-19H,14-17H2,1-5H3. The molecule has 1 aromatic rings. The molecule has 20 heavy (non-hydrogen) atoms. The molecule has 7 heteroatoms. The van der Waals surface area contributed by atoms with E-state index in [4.69, 9.17) is 0 Å². The highest BCUT2D eigenvalue weighted by molar-refractivity contribution is 7.51. The molecule has 100 valence electrons. The largest absolute Gasteiger partial charge is 0.140 e. The lowest BCUT2D eigenvalue weighted by Crippen LogP contribution is -2.54. The lowest BCUT2D eigenvalue weighted by molar-refractivity contribution is 0.845. The van der Waals surface area contributed by atoms with Gasteiger partial charge in [0.1, 0.15) is 15.0 Å². The second-order valence-electron chi connectivity index (χ2n) is 6.94. The smallest absolute Gasteiger partial charge is 0.101 e. The highest BCUT2D eigenvalue weighted by Gasteiger charge is 2.24. The molecule has 0 aliphatic rings. The number of hydrogen-bond acceptors (Lipinski definition) is 0. The van der Waals surface area contributed by atoms with Gasteiger partial charge in [0.25, 0.3) is 0 Å². The van der Waals surface area contributed by atoms with Gasteiger partial charge in [-0.05, 0) is 24.3 Å². The van der Waals surface area contributed by atoms with E-state index in [0.29, 0.717) is 18.3 Å². The van der Waals surface area contributed by atoms with Crippen LogP contribution in [-0.2, 0) is 0 Å². The van der Waals surface area contributed by atoms with Crippen molar-refractivity contribution in [1.29, 1.82) is 0 Å². The van der Waals surface area contributed by atoms with Crippen molar-refractivity contribution in [3.8, 4) is 0 Å². The van der Waals surface area contributed by atoms with Crippen LogP contribution in [0.2, 0.25) is 0 Å². The Kier molecular flexibility index (Phi) is 6.29. The Morgan fingerprint density at radius 3 is 1.85 bits per heavy atom. The minimum absolute atomic E-state index is 0.612. The summed E-state index contributed by atoms with van der Waals surface area (Å²) in [7, 11) is 11.8. The van der Waals surface area contributed by atoms with E-state index in [-0.39, 0.29) is 0 Å². The maximum absolute atomic E-state index is 2.39. The molecule has 0 heterocycles. The summed E-state index contributed by atoms with van der Waals surface area (Å²) < 4.78 is 0. The predicted octanol–water partition coefficient (Wildman–Crippen LogP) is -3.58. The fourth-order valence-electron chi connectivity index (χ4n) is 4.07. The Morgan fingerprint density at radius 1 is 1.00 bits per heavy atom. The van der Waals surface area contributed by atoms with Crippen molar-refractivity contribution in [3.63, 3.8) is 0 Å². The molecule has 0 saturated carbocycles. The van der Waals surface area contributed by atoms with Crippen molar-refractivity contribution in [2.75, 3.05) is 0 Å². The molecule has 0 bridgehead atoms. The van der Waals surface area contributed by atoms with Gasteiger partial charge in [-0.1, -0.05) is 49.7 Å². The lowest BCUT2D eigenvalue weighted by Gasteiger charge is -2.29. The number of hydrogen-bond donors (Lipinski definition) is 0. The second kappa shape index (κ2) is 7.10. The van der Waals surface area contributed by atoms with Crippen molar-refractivity contribution in [3.05, 3.63) is 16.7 Å². The van der Waals surface area contributed by atoms with Crippen LogP contribution in [-0.4, -0.2) is 51.8 Å². The lowest BCUT2D eigenvalue weighted by atomic mass is 9.02. The Labute approximate surface area is 131 Å². The molecule has 0 amide bonds. The summed E-state index contributed by atoms with van der Waals surface area (Å²) in [6, 6.07) is 0. The van der Waals surface area contributed by atoms with E-state index in [2.05, 4.69) is 65.7 Å². The SMILES string of the molecule is BBB(B)c1c(C)c(C(C)C)c(B)c(C(C)C)c1BB. The van der Waals surface area contributed by atoms with Gasteiger partial charge in [-0.3, -0.25) is 0 Å². The molecule has 0 radical (unpaired) electrons. The Balaban J connectivity index is 3.82. The summed E-state index contributed by atoms with van der Waals surface area (Å²) >= 11 is 0. The second-order valence-corrected chi connectivity index (χ2v) is 6.94. The third-order valence-corrected chi connectivity index (χ3v) is 4.88. The van der Waals surface area contributed by atoms with Crippen LogP contribution in [0.5, 0.6) is 0 Å². The van der Waals surface area contributed by atoms with Crippen LogP contribution in [0.3, 0.4) is 0 Å². The maximum Gasteiger partial charge on any atom is 0.140 e. The van der Waals surface area contributed by atoms with E-state index in [1.165, 1.54) is 7.06 Å². The van der Waals surface area contributed by atoms with Gasteiger partial charge < -0.3 is 0 Å². The van der Waals surface area contributed by atoms with E-state index in [1.54, 1.807) is 33.1 Å². The molecular weight excluding hydrogens is 232 g/mol. The number of benzene rings is 1. The average Bonchev–Trinajstić information content (AvgIpc) is 2.35. The molecule has 0 nitrogen and oxygen atoms in total. The highest BCUT2D eigenvalue weighted by atomic mass is 14.2. The van der Waals surface area contributed by atoms with E-state index < -0.39 is 0 Å². The summed E-state index contributed by atoms with van der Waals surface area (Å²) in [5, 5.41) is 0. The minimum atomic E-state index is 0.612. The zero-order valence-electron chi connectivity index (χ0n) is 15.1. The van der Waals surface area contributed by atoms with E-state index >= 15 is 0 Å². The molecule has 0 saturated heterocycles. The van der Waals surface area contributed by atoms with Gasteiger partial charge in [0.2, 0.25) is 0 Å². The molecule has 0 aliphatic heterocycles. The Hall–Kier alpha value is -0.325. The van der Waals surface area contributed by atoms with Crippen LogP contribution in [0.15, 0.2) is 0 Å². The van der Waals surface area contributed by atoms with Crippen LogP contribution in [0.25, 0.3) is 0 Å². The first-order chi connectivity index (χ1) is 9.27. The van der Waals surface area contributed by atoms with Crippen LogP contribution >= 0.6 is 0 Å². The third-order valence-electron chi connectivity index (χ3n) is 4.88. The van der Waals surface area contributed by atoms with Gasteiger partial charge >= 0.3 is 0 Å². The van der Waals surface area contributed by atoms with E-state index in [0.717, 1.165) is 7.17 Å². The highest BCUT2D eigenvalue weighted by Crippen LogP contribution is 2.19. The minimum Gasteiger partial charge on any atom is -0.101 e. The van der Waals surface area contributed by atoms with Gasteiger partial charge in [-0.15, -0.1) is 5.46 Å². The zero-order valence-corrected chi connectivity index (χ0v) is 15.1. The van der Waals surface area contributed by atoms with Crippen LogP contribution in [0.4, 0.5) is 0 Å². The summed E-state index contributed by atoms with van der Waals surface area (Å²) in [5.41, 5.74) is 9.62. The topological polar surface area (TPSA) is 0 Å².